The van der Waals surface area contributed by atoms with Crippen molar-refractivity contribution in [2.24, 2.45) is 5.73 Å². The summed E-state index contributed by atoms with van der Waals surface area (Å²) in [4.78, 5) is 0. The van der Waals surface area contributed by atoms with Gasteiger partial charge in [0.05, 0.1) is 30.0 Å². The van der Waals surface area contributed by atoms with E-state index in [1.54, 1.807) is 6.26 Å². The van der Waals surface area contributed by atoms with Gasteiger partial charge in [-0.15, -0.1) is 5.10 Å². The molecule has 0 radical (unpaired) electrons. The Morgan fingerprint density at radius 2 is 2.14 bits per heavy atom. The summed E-state index contributed by atoms with van der Waals surface area (Å²) in [5.74, 6) is 1.49. The summed E-state index contributed by atoms with van der Waals surface area (Å²) < 4.78 is 16.6. The molecule has 0 aliphatic carbocycles. The van der Waals surface area contributed by atoms with Crippen molar-refractivity contribution in [1.82, 2.24) is 10.2 Å². The van der Waals surface area contributed by atoms with Crippen LogP contribution in [-0.2, 0) is 0 Å². The van der Waals surface area contributed by atoms with Gasteiger partial charge in [0.25, 0.3) is 0 Å². The highest BCUT2D eigenvalue weighted by Gasteiger charge is 2.35. The van der Waals surface area contributed by atoms with Crippen molar-refractivity contribution in [3.8, 4) is 29.0 Å². The maximum absolute atomic E-state index is 9.76. The molecule has 0 amide bonds. The summed E-state index contributed by atoms with van der Waals surface area (Å²) in [5.41, 5.74) is 9.68. The van der Waals surface area contributed by atoms with Crippen LogP contribution in [0.15, 0.2) is 64.1 Å². The molecule has 146 valence electrons. The summed E-state index contributed by atoms with van der Waals surface area (Å²) in [5, 5.41) is 17.1. The van der Waals surface area contributed by atoms with Crippen LogP contribution in [0.1, 0.15) is 31.1 Å². The first-order valence-corrected chi connectivity index (χ1v) is 9.23. The highest BCUT2D eigenvalue weighted by molar-refractivity contribution is 5.72. The van der Waals surface area contributed by atoms with Gasteiger partial charge in [-0.3, -0.25) is 5.10 Å². The molecular weight excluding hydrogens is 368 g/mol. The van der Waals surface area contributed by atoms with Gasteiger partial charge in [-0.25, -0.2) is 0 Å². The monoisotopic (exact) mass is 388 g/mol. The molecule has 7 heteroatoms. The molecule has 1 atom stereocenters. The molecule has 3 N–H and O–H groups in total. The highest BCUT2D eigenvalue weighted by atomic mass is 16.5. The molecule has 3 heterocycles. The number of fused-ring (bicyclic) bond motifs is 1. The van der Waals surface area contributed by atoms with Crippen LogP contribution in [-0.4, -0.2) is 16.8 Å². The summed E-state index contributed by atoms with van der Waals surface area (Å²) in [7, 11) is 0. The summed E-state index contributed by atoms with van der Waals surface area (Å²) in [6.45, 7) is 4.47. The van der Waals surface area contributed by atoms with Crippen LogP contribution in [0.25, 0.3) is 17.3 Å². The normalized spacial score (nSPS) is 16.2. The van der Waals surface area contributed by atoms with Crippen molar-refractivity contribution >= 4 is 6.08 Å². The minimum atomic E-state index is -0.408. The average molecular weight is 388 g/mol. The first kappa shape index (κ1) is 18.4. The first-order valence-electron chi connectivity index (χ1n) is 9.23. The van der Waals surface area contributed by atoms with Crippen LogP contribution >= 0.6 is 0 Å². The number of furan rings is 1. The third-order valence-corrected chi connectivity index (χ3v) is 4.76. The zero-order valence-corrected chi connectivity index (χ0v) is 16.1. The molecule has 0 fully saturated rings. The fourth-order valence-electron chi connectivity index (χ4n) is 3.49. The summed E-state index contributed by atoms with van der Waals surface area (Å²) in [6, 6.07) is 13.5. The van der Waals surface area contributed by atoms with Crippen LogP contribution in [0.3, 0.4) is 0 Å². The van der Waals surface area contributed by atoms with Crippen LogP contribution in [0.5, 0.6) is 11.6 Å². The molecule has 1 aliphatic rings. The van der Waals surface area contributed by atoms with Gasteiger partial charge in [0, 0.05) is 5.56 Å². The van der Waals surface area contributed by atoms with Gasteiger partial charge in [0.15, 0.2) is 0 Å². The highest BCUT2D eigenvalue weighted by Crippen LogP contribution is 2.46. The van der Waals surface area contributed by atoms with Crippen LogP contribution in [0.4, 0.5) is 0 Å². The van der Waals surface area contributed by atoms with Crippen molar-refractivity contribution in [2.75, 3.05) is 6.61 Å². The summed E-state index contributed by atoms with van der Waals surface area (Å²) >= 11 is 0. The van der Waals surface area contributed by atoms with Crippen molar-refractivity contribution in [3.05, 3.63) is 71.0 Å². The van der Waals surface area contributed by atoms with E-state index in [1.807, 2.05) is 56.3 Å². The maximum atomic E-state index is 9.76. The molecular formula is C22H20N4O3. The number of H-pyrrole nitrogens is 1. The summed E-state index contributed by atoms with van der Waals surface area (Å²) in [6.07, 6.45) is 3.49. The number of nitrogens with zero attached hydrogens (tertiary/aromatic N) is 2. The number of nitrogens with two attached hydrogens (primary N) is 1. The Bertz CT molecular complexity index is 1120. The standard InChI is InChI=1S/C22H20N4O3/c1-3-27-15-8-6-14(7-9-15)20-19-18(13(2)11-16-5-4-10-28-16)17(12-23)21(24)29-22(19)26-25-20/h4-11,18H,3,24H2,1-2H3,(H,25,26)/b13-11+. The molecule has 4 rings (SSSR count). The third-order valence-electron chi connectivity index (χ3n) is 4.76. The van der Waals surface area contributed by atoms with E-state index in [2.05, 4.69) is 16.3 Å². The number of allylic oxidation sites excluding steroid dienone is 2. The van der Waals surface area contributed by atoms with E-state index < -0.39 is 5.92 Å². The Labute approximate surface area is 168 Å². The number of aromatic amines is 1. The van der Waals surface area contributed by atoms with Crippen LogP contribution in [0, 0.1) is 11.3 Å². The molecule has 1 aliphatic heterocycles. The van der Waals surface area contributed by atoms with Gasteiger partial charge >= 0.3 is 0 Å². The van der Waals surface area contributed by atoms with E-state index in [4.69, 9.17) is 19.6 Å². The van der Waals surface area contributed by atoms with Crippen molar-refractivity contribution in [3.63, 3.8) is 0 Å². The Balaban J connectivity index is 1.82. The second-order valence-electron chi connectivity index (χ2n) is 6.60. The molecule has 0 saturated carbocycles. The van der Waals surface area contributed by atoms with Gasteiger partial charge in [0.2, 0.25) is 11.8 Å². The number of ether oxygens (including phenoxy) is 2. The minimum Gasteiger partial charge on any atom is -0.494 e. The van der Waals surface area contributed by atoms with E-state index in [0.717, 1.165) is 28.1 Å². The Morgan fingerprint density at radius 1 is 1.34 bits per heavy atom. The number of benzene rings is 1. The number of rotatable bonds is 5. The average Bonchev–Trinajstić information content (AvgIpc) is 3.37. The predicted octanol–water partition coefficient (Wildman–Crippen LogP) is 4.34. The topological polar surface area (TPSA) is 110 Å². The molecule has 1 unspecified atom stereocenters. The number of aromatic nitrogens is 2. The van der Waals surface area contributed by atoms with Gasteiger partial charge in [-0.2, -0.15) is 5.26 Å². The van der Waals surface area contributed by atoms with Gasteiger partial charge < -0.3 is 19.6 Å². The zero-order valence-electron chi connectivity index (χ0n) is 16.1. The fourth-order valence-corrected chi connectivity index (χ4v) is 3.49. The molecule has 29 heavy (non-hydrogen) atoms. The van der Waals surface area contributed by atoms with Crippen LogP contribution in [0.2, 0.25) is 0 Å². The second kappa shape index (κ2) is 7.60. The molecule has 7 nitrogen and oxygen atoms in total. The third kappa shape index (κ3) is 3.36. The number of hydrogen-bond donors (Lipinski definition) is 2. The second-order valence-corrected chi connectivity index (χ2v) is 6.60. The molecule has 2 aromatic heterocycles. The van der Waals surface area contributed by atoms with E-state index in [1.165, 1.54) is 0 Å². The lowest BCUT2D eigenvalue weighted by molar-refractivity contribution is 0.340. The van der Waals surface area contributed by atoms with Crippen molar-refractivity contribution in [1.29, 1.82) is 5.26 Å². The lowest BCUT2D eigenvalue weighted by Crippen LogP contribution is -2.20. The first-order chi connectivity index (χ1) is 14.1. The van der Waals surface area contributed by atoms with E-state index in [9.17, 15) is 5.26 Å². The lowest BCUT2D eigenvalue weighted by Gasteiger charge is -2.24. The lowest BCUT2D eigenvalue weighted by atomic mass is 9.83. The van der Waals surface area contributed by atoms with Gasteiger partial charge in [0.1, 0.15) is 23.2 Å². The van der Waals surface area contributed by atoms with E-state index >= 15 is 0 Å². The largest absolute Gasteiger partial charge is 0.494 e. The molecule has 1 aromatic carbocycles. The Kier molecular flexibility index (Phi) is 4.83. The Hall–Kier alpha value is -3.92. The quantitative estimate of drug-likeness (QED) is 0.673. The number of hydrogen-bond acceptors (Lipinski definition) is 6. The van der Waals surface area contributed by atoms with Gasteiger partial charge in [-0.05, 0) is 56.3 Å². The number of nitrogens with one attached hydrogen (secondary N) is 1. The molecule has 0 saturated heterocycles. The SMILES string of the molecule is CCOc1ccc(-c2[nH]nc3c2C(/C(C)=C/c2ccco2)C(C#N)=C(N)O3)cc1. The molecule has 0 bridgehead atoms. The molecule has 0 spiro atoms. The van der Waals surface area contributed by atoms with Crippen LogP contribution < -0.4 is 15.2 Å². The van der Waals surface area contributed by atoms with Gasteiger partial charge in [-0.1, -0.05) is 5.57 Å². The smallest absolute Gasteiger partial charge is 0.244 e. The number of nitriles is 1. The van der Waals surface area contributed by atoms with E-state index in [-0.39, 0.29) is 5.88 Å². The Morgan fingerprint density at radius 3 is 2.79 bits per heavy atom. The molecule has 3 aromatic rings. The van der Waals surface area contributed by atoms with Crippen molar-refractivity contribution in [2.45, 2.75) is 19.8 Å². The minimum absolute atomic E-state index is 0.0574. The fraction of sp³-hybridized carbons (Fsp3) is 0.182. The maximum Gasteiger partial charge on any atom is 0.244 e. The van der Waals surface area contributed by atoms with Crippen molar-refractivity contribution < 1.29 is 13.9 Å². The van der Waals surface area contributed by atoms with E-state index in [0.29, 0.717) is 23.8 Å². The predicted molar refractivity (Wildman–Crippen MR) is 108 cm³/mol. The zero-order chi connectivity index (χ0) is 20.4.